The van der Waals surface area contributed by atoms with Crippen LogP contribution in [0.3, 0.4) is 0 Å². The Bertz CT molecular complexity index is 634. The number of nitrogen functional groups attached to an aromatic ring is 1. The third kappa shape index (κ3) is 2.54. The number of anilines is 1. The number of rotatable bonds is 3. The molecule has 1 amide bonds. The lowest BCUT2D eigenvalue weighted by molar-refractivity contribution is 0.157. The van der Waals surface area contributed by atoms with E-state index in [1.54, 1.807) is 4.90 Å². The summed E-state index contributed by atoms with van der Waals surface area (Å²) in [6.07, 6.45) is -0.339. The summed E-state index contributed by atoms with van der Waals surface area (Å²) >= 11 is 0. The van der Waals surface area contributed by atoms with Crippen molar-refractivity contribution >= 4 is 22.6 Å². The molecule has 2 aromatic rings. The summed E-state index contributed by atoms with van der Waals surface area (Å²) < 4.78 is 5.59. The molecule has 20 heavy (non-hydrogen) atoms. The van der Waals surface area contributed by atoms with Gasteiger partial charge in [-0.3, -0.25) is 0 Å². The summed E-state index contributed by atoms with van der Waals surface area (Å²) in [6, 6.07) is 9.66. The van der Waals surface area contributed by atoms with Crippen molar-refractivity contribution in [3.05, 3.63) is 35.9 Å². The highest BCUT2D eigenvalue weighted by molar-refractivity contribution is 5.94. The minimum absolute atomic E-state index is 0.339. The Morgan fingerprint density at radius 3 is 2.55 bits per heavy atom. The summed E-state index contributed by atoms with van der Waals surface area (Å²) in [7, 11) is 0. The van der Waals surface area contributed by atoms with Gasteiger partial charge in [-0.2, -0.15) is 0 Å². The number of hydrogen-bond donors (Lipinski definition) is 1. The van der Waals surface area contributed by atoms with E-state index in [1.807, 2.05) is 51.1 Å². The van der Waals surface area contributed by atoms with E-state index in [-0.39, 0.29) is 6.09 Å². The molecule has 0 aliphatic rings. The lowest BCUT2D eigenvalue weighted by Crippen LogP contribution is -2.33. The van der Waals surface area contributed by atoms with Crippen LogP contribution >= 0.6 is 0 Å². The van der Waals surface area contributed by atoms with Crippen LogP contribution in [0, 0.1) is 6.92 Å². The fourth-order valence-electron chi connectivity index (χ4n) is 2.20. The Labute approximate surface area is 119 Å². The molecule has 0 saturated carbocycles. The number of hydrogen-bond acceptors (Lipinski definition) is 3. The number of ether oxygens (including phenoxy) is 1. The summed E-state index contributed by atoms with van der Waals surface area (Å²) in [5.74, 6) is 0.553. The van der Waals surface area contributed by atoms with E-state index in [9.17, 15) is 4.79 Å². The number of nitrogens with zero attached hydrogens (tertiary/aromatic N) is 1. The van der Waals surface area contributed by atoms with Gasteiger partial charge in [0.15, 0.2) is 0 Å². The van der Waals surface area contributed by atoms with E-state index in [0.29, 0.717) is 24.5 Å². The van der Waals surface area contributed by atoms with E-state index >= 15 is 0 Å². The van der Waals surface area contributed by atoms with Gasteiger partial charge in [-0.15, -0.1) is 0 Å². The van der Waals surface area contributed by atoms with Gasteiger partial charge in [0.1, 0.15) is 5.75 Å². The van der Waals surface area contributed by atoms with Crippen LogP contribution in [0.15, 0.2) is 30.3 Å². The zero-order valence-corrected chi connectivity index (χ0v) is 12.1. The average Bonchev–Trinajstić information content (AvgIpc) is 2.45. The zero-order valence-electron chi connectivity index (χ0n) is 12.1. The Balaban J connectivity index is 2.48. The van der Waals surface area contributed by atoms with Gasteiger partial charge < -0.3 is 15.4 Å². The van der Waals surface area contributed by atoms with E-state index in [4.69, 9.17) is 10.5 Å². The lowest BCUT2D eigenvalue weighted by atomic mass is 10.0. The standard InChI is InChI=1S/C16H20N2O2/c1-4-18(5-2)16(19)20-15-11(3)14(17)10-12-8-6-7-9-13(12)15/h6-10H,4-5,17H2,1-3H3. The predicted octanol–water partition coefficient (Wildman–Crippen LogP) is 3.57. The third-order valence-electron chi connectivity index (χ3n) is 3.50. The number of carbonyl (C=O) groups excluding carboxylic acids is 1. The highest BCUT2D eigenvalue weighted by atomic mass is 16.6. The Kier molecular flexibility index (Phi) is 4.13. The van der Waals surface area contributed by atoms with Crippen LogP contribution in [0.4, 0.5) is 10.5 Å². The topological polar surface area (TPSA) is 55.6 Å². The number of nitrogens with two attached hydrogens (primary N) is 1. The molecule has 0 aromatic heterocycles. The monoisotopic (exact) mass is 272 g/mol. The van der Waals surface area contributed by atoms with Crippen molar-refractivity contribution in [2.45, 2.75) is 20.8 Å². The van der Waals surface area contributed by atoms with Crippen molar-refractivity contribution in [1.82, 2.24) is 4.90 Å². The largest absolute Gasteiger partial charge is 0.415 e. The van der Waals surface area contributed by atoms with Crippen LogP contribution in [-0.4, -0.2) is 24.1 Å². The summed E-state index contributed by atoms with van der Waals surface area (Å²) in [4.78, 5) is 13.8. The molecular weight excluding hydrogens is 252 g/mol. The average molecular weight is 272 g/mol. The first-order valence-electron chi connectivity index (χ1n) is 6.83. The molecule has 2 aromatic carbocycles. The van der Waals surface area contributed by atoms with Crippen molar-refractivity contribution in [3.63, 3.8) is 0 Å². The molecule has 2 rings (SSSR count). The molecule has 0 unspecified atom stereocenters. The van der Waals surface area contributed by atoms with Gasteiger partial charge >= 0.3 is 6.09 Å². The Morgan fingerprint density at radius 2 is 1.90 bits per heavy atom. The molecular formula is C16H20N2O2. The van der Waals surface area contributed by atoms with Gasteiger partial charge in [0.25, 0.3) is 0 Å². The second-order valence-corrected chi connectivity index (χ2v) is 4.68. The maximum atomic E-state index is 12.1. The third-order valence-corrected chi connectivity index (χ3v) is 3.50. The lowest BCUT2D eigenvalue weighted by Gasteiger charge is -2.20. The molecule has 4 nitrogen and oxygen atoms in total. The maximum Gasteiger partial charge on any atom is 0.415 e. The van der Waals surface area contributed by atoms with Crippen LogP contribution < -0.4 is 10.5 Å². The van der Waals surface area contributed by atoms with Gasteiger partial charge in [-0.1, -0.05) is 24.3 Å². The van der Waals surface area contributed by atoms with Gasteiger partial charge in [0.2, 0.25) is 0 Å². The predicted molar refractivity (Wildman–Crippen MR) is 82.0 cm³/mol. The van der Waals surface area contributed by atoms with Crippen LogP contribution in [0.5, 0.6) is 5.75 Å². The molecule has 0 bridgehead atoms. The summed E-state index contributed by atoms with van der Waals surface area (Å²) in [6.45, 7) is 6.96. The molecule has 0 heterocycles. The maximum absolute atomic E-state index is 12.1. The molecule has 0 aliphatic carbocycles. The molecule has 2 N–H and O–H groups in total. The molecule has 0 radical (unpaired) electrons. The molecule has 0 fully saturated rings. The summed E-state index contributed by atoms with van der Waals surface area (Å²) in [5, 5.41) is 1.87. The number of amides is 1. The number of benzene rings is 2. The Hall–Kier alpha value is -2.23. The molecule has 4 heteroatoms. The summed E-state index contributed by atoms with van der Waals surface area (Å²) in [5.41, 5.74) is 7.42. The van der Waals surface area contributed by atoms with Crippen LogP contribution in [0.2, 0.25) is 0 Å². The molecule has 0 atom stereocenters. The van der Waals surface area contributed by atoms with E-state index < -0.39 is 0 Å². The number of carbonyl (C=O) groups is 1. The van der Waals surface area contributed by atoms with Gasteiger partial charge in [-0.05, 0) is 32.2 Å². The van der Waals surface area contributed by atoms with Crippen molar-refractivity contribution < 1.29 is 9.53 Å². The Morgan fingerprint density at radius 1 is 1.25 bits per heavy atom. The van der Waals surface area contributed by atoms with Crippen LogP contribution in [0.1, 0.15) is 19.4 Å². The minimum atomic E-state index is -0.339. The van der Waals surface area contributed by atoms with E-state index in [1.165, 1.54) is 0 Å². The zero-order chi connectivity index (χ0) is 14.7. The van der Waals surface area contributed by atoms with E-state index in [2.05, 4.69) is 0 Å². The molecule has 0 aliphatic heterocycles. The second-order valence-electron chi connectivity index (χ2n) is 4.68. The van der Waals surface area contributed by atoms with Gasteiger partial charge in [-0.25, -0.2) is 4.79 Å². The second kappa shape index (κ2) is 5.82. The molecule has 0 saturated heterocycles. The highest BCUT2D eigenvalue weighted by Gasteiger charge is 2.17. The fourth-order valence-corrected chi connectivity index (χ4v) is 2.20. The van der Waals surface area contributed by atoms with Gasteiger partial charge in [0, 0.05) is 29.7 Å². The van der Waals surface area contributed by atoms with E-state index in [0.717, 1.165) is 16.3 Å². The fraction of sp³-hybridized carbons (Fsp3) is 0.312. The van der Waals surface area contributed by atoms with Crippen molar-refractivity contribution in [2.75, 3.05) is 18.8 Å². The molecule has 0 spiro atoms. The smallest absolute Gasteiger partial charge is 0.409 e. The van der Waals surface area contributed by atoms with Crippen molar-refractivity contribution in [1.29, 1.82) is 0 Å². The van der Waals surface area contributed by atoms with Crippen LogP contribution in [0.25, 0.3) is 10.8 Å². The minimum Gasteiger partial charge on any atom is -0.409 e. The first-order valence-corrected chi connectivity index (χ1v) is 6.83. The van der Waals surface area contributed by atoms with Crippen molar-refractivity contribution in [3.8, 4) is 5.75 Å². The first-order chi connectivity index (χ1) is 9.58. The van der Waals surface area contributed by atoms with Crippen LogP contribution in [-0.2, 0) is 0 Å². The normalized spacial score (nSPS) is 10.6. The molecule has 106 valence electrons. The highest BCUT2D eigenvalue weighted by Crippen LogP contribution is 2.34. The van der Waals surface area contributed by atoms with Crippen molar-refractivity contribution in [2.24, 2.45) is 0 Å². The number of fused-ring (bicyclic) bond motifs is 1. The van der Waals surface area contributed by atoms with Gasteiger partial charge in [0.05, 0.1) is 0 Å². The SMILES string of the molecule is CCN(CC)C(=O)Oc1c(C)c(N)cc2ccccc12. The first kappa shape index (κ1) is 14.2. The quantitative estimate of drug-likeness (QED) is 0.869.